The minimum atomic E-state index is -2.69. The second kappa shape index (κ2) is 9.89. The van der Waals surface area contributed by atoms with Gasteiger partial charge in [0.15, 0.2) is 34.7 Å². The summed E-state index contributed by atoms with van der Waals surface area (Å²) >= 11 is 0. The van der Waals surface area contributed by atoms with Crippen molar-refractivity contribution in [2.45, 2.75) is 66.6 Å². The number of carbonyl (C=O) groups is 8. The largest absolute Gasteiger partial charge is 0.459 e. The Labute approximate surface area is 246 Å². The second-order valence-corrected chi connectivity index (χ2v) is 12.4. The summed E-state index contributed by atoms with van der Waals surface area (Å²) in [5, 5.41) is 0. The van der Waals surface area contributed by atoms with Crippen molar-refractivity contribution in [2.75, 3.05) is 0 Å². The lowest BCUT2D eigenvalue weighted by Crippen LogP contribution is -2.50. The molecule has 0 bridgehead atoms. The van der Waals surface area contributed by atoms with Crippen molar-refractivity contribution in [3.8, 4) is 11.5 Å². The van der Waals surface area contributed by atoms with Crippen LogP contribution in [0, 0.1) is 10.8 Å². The Morgan fingerprint density at radius 3 is 1.12 bits per heavy atom. The van der Waals surface area contributed by atoms with Gasteiger partial charge in [0.2, 0.25) is 0 Å². The lowest BCUT2D eigenvalue weighted by Gasteiger charge is -2.27. The topological polar surface area (TPSA) is 164 Å². The molecule has 2 aliphatic carbocycles. The SMILES string of the molecule is CC(=O)C1(C(=O)OC(C)(C)C)C(=O)c2ccc(Oc3ccc4c(c3)C(=O)C(C(C)=O)(C(=O)OC(C)(C)C)C4=O)cc2C1=O. The highest BCUT2D eigenvalue weighted by Crippen LogP contribution is 2.44. The van der Waals surface area contributed by atoms with Crippen LogP contribution in [0.25, 0.3) is 0 Å². The zero-order valence-electron chi connectivity index (χ0n) is 25.0. The number of hydrogen-bond donors (Lipinski definition) is 0. The van der Waals surface area contributed by atoms with E-state index < -0.39 is 68.7 Å². The van der Waals surface area contributed by atoms with Crippen LogP contribution in [-0.4, -0.2) is 57.8 Å². The molecule has 43 heavy (non-hydrogen) atoms. The fraction of sp³-hybridized carbons (Fsp3) is 0.375. The molecule has 4 rings (SSSR count). The third kappa shape index (κ3) is 4.68. The summed E-state index contributed by atoms with van der Waals surface area (Å²) in [4.78, 5) is 105. The maximum atomic E-state index is 13.5. The molecule has 0 spiro atoms. The van der Waals surface area contributed by atoms with E-state index in [1.807, 2.05) is 0 Å². The molecule has 2 unspecified atom stereocenters. The van der Waals surface area contributed by atoms with Gasteiger partial charge in [-0.15, -0.1) is 0 Å². The number of rotatable bonds is 6. The first kappa shape index (κ1) is 31.1. The van der Waals surface area contributed by atoms with Crippen molar-refractivity contribution in [1.29, 1.82) is 0 Å². The minimum Gasteiger partial charge on any atom is -0.459 e. The van der Waals surface area contributed by atoms with Crippen LogP contribution < -0.4 is 4.74 Å². The van der Waals surface area contributed by atoms with Gasteiger partial charge in [-0.1, -0.05) is 0 Å². The van der Waals surface area contributed by atoms with E-state index in [1.54, 1.807) is 0 Å². The highest BCUT2D eigenvalue weighted by molar-refractivity contribution is 6.49. The van der Waals surface area contributed by atoms with Gasteiger partial charge in [0.25, 0.3) is 10.8 Å². The van der Waals surface area contributed by atoms with E-state index in [-0.39, 0.29) is 33.8 Å². The number of ketones is 6. The Hall–Kier alpha value is -4.80. The molecule has 11 heteroatoms. The van der Waals surface area contributed by atoms with Gasteiger partial charge in [-0.3, -0.25) is 28.8 Å². The van der Waals surface area contributed by atoms with E-state index in [0.717, 1.165) is 13.8 Å². The van der Waals surface area contributed by atoms with E-state index in [4.69, 9.17) is 14.2 Å². The van der Waals surface area contributed by atoms with Gasteiger partial charge in [0.1, 0.15) is 22.7 Å². The van der Waals surface area contributed by atoms with Crippen molar-refractivity contribution >= 4 is 46.6 Å². The molecule has 0 fully saturated rings. The third-order valence-corrected chi connectivity index (χ3v) is 7.02. The molecule has 2 aromatic rings. The Kier molecular flexibility index (Phi) is 7.16. The number of fused-ring (bicyclic) bond motifs is 2. The molecule has 2 aromatic carbocycles. The quantitative estimate of drug-likeness (QED) is 0.352. The molecule has 0 saturated carbocycles. The predicted molar refractivity (Wildman–Crippen MR) is 148 cm³/mol. The van der Waals surface area contributed by atoms with Gasteiger partial charge >= 0.3 is 11.9 Å². The summed E-state index contributed by atoms with van der Waals surface area (Å²) in [7, 11) is 0. The Morgan fingerprint density at radius 1 is 0.535 bits per heavy atom. The smallest absolute Gasteiger partial charge is 0.336 e. The summed E-state index contributed by atoms with van der Waals surface area (Å²) < 4.78 is 16.4. The summed E-state index contributed by atoms with van der Waals surface area (Å²) in [6.45, 7) is 11.1. The van der Waals surface area contributed by atoms with Crippen LogP contribution in [0.3, 0.4) is 0 Å². The zero-order valence-corrected chi connectivity index (χ0v) is 25.0. The molecule has 0 aromatic heterocycles. The number of esters is 2. The second-order valence-electron chi connectivity index (χ2n) is 12.4. The molecule has 0 aliphatic heterocycles. The number of Topliss-reactive ketones (excluding diaryl/α,β-unsaturated/α-hetero) is 6. The van der Waals surface area contributed by atoms with Crippen LogP contribution in [0.5, 0.6) is 11.5 Å². The maximum Gasteiger partial charge on any atom is 0.336 e. The van der Waals surface area contributed by atoms with Gasteiger partial charge in [-0.2, -0.15) is 0 Å². The lowest BCUT2D eigenvalue weighted by molar-refractivity contribution is -0.165. The maximum absolute atomic E-state index is 13.5. The molecule has 0 heterocycles. The fourth-order valence-electron chi connectivity index (χ4n) is 5.10. The van der Waals surface area contributed by atoms with Crippen molar-refractivity contribution in [2.24, 2.45) is 10.8 Å². The van der Waals surface area contributed by atoms with E-state index in [2.05, 4.69) is 0 Å². The first-order chi connectivity index (χ1) is 19.7. The van der Waals surface area contributed by atoms with E-state index in [9.17, 15) is 38.4 Å². The van der Waals surface area contributed by atoms with Crippen LogP contribution in [0.2, 0.25) is 0 Å². The van der Waals surface area contributed by atoms with Crippen LogP contribution >= 0.6 is 0 Å². The first-order valence-electron chi connectivity index (χ1n) is 13.3. The molecule has 11 nitrogen and oxygen atoms in total. The van der Waals surface area contributed by atoms with Crippen LogP contribution in [0.15, 0.2) is 36.4 Å². The summed E-state index contributed by atoms with van der Waals surface area (Å²) in [5.41, 5.74) is -8.36. The average molecular weight is 591 g/mol. The van der Waals surface area contributed by atoms with Gasteiger partial charge in [0.05, 0.1) is 0 Å². The summed E-state index contributed by atoms with van der Waals surface area (Å²) in [6.07, 6.45) is 0. The zero-order chi connectivity index (χ0) is 32.4. The monoisotopic (exact) mass is 590 g/mol. The van der Waals surface area contributed by atoms with Gasteiger partial charge in [0, 0.05) is 22.3 Å². The van der Waals surface area contributed by atoms with Crippen molar-refractivity contribution < 1.29 is 52.6 Å². The molecular formula is C32H30O11. The van der Waals surface area contributed by atoms with Crippen molar-refractivity contribution in [1.82, 2.24) is 0 Å². The highest BCUT2D eigenvalue weighted by Gasteiger charge is 2.65. The molecule has 0 N–H and O–H groups in total. The standard InChI is InChI=1S/C32H30O11/c1-15(33)31(27(39)42-29(3,4)5)23(35)19-11-9-17(13-21(19)25(31)37)41-18-10-12-20-22(14-18)26(38)32(16(2)34,24(20)36)28(40)43-30(6,7)8/h9-14H,1-8H3. The molecule has 0 amide bonds. The Bertz CT molecular complexity index is 1560. The van der Waals surface area contributed by atoms with Gasteiger partial charge in [-0.05, 0) is 91.8 Å². The number of carbonyl (C=O) groups excluding carboxylic acids is 8. The molecule has 0 radical (unpaired) electrons. The third-order valence-electron chi connectivity index (χ3n) is 7.02. The Morgan fingerprint density at radius 2 is 0.837 bits per heavy atom. The first-order valence-corrected chi connectivity index (χ1v) is 13.3. The van der Waals surface area contributed by atoms with Crippen molar-refractivity contribution in [3.63, 3.8) is 0 Å². The van der Waals surface area contributed by atoms with Crippen LogP contribution in [0.4, 0.5) is 0 Å². The van der Waals surface area contributed by atoms with E-state index in [1.165, 1.54) is 77.9 Å². The minimum absolute atomic E-state index is 0.00913. The molecular weight excluding hydrogens is 560 g/mol. The number of hydrogen-bond acceptors (Lipinski definition) is 11. The molecule has 224 valence electrons. The Balaban J connectivity index is 1.70. The average Bonchev–Trinajstić information content (AvgIpc) is 3.22. The van der Waals surface area contributed by atoms with Gasteiger partial charge in [-0.25, -0.2) is 9.59 Å². The number of ether oxygens (including phenoxy) is 3. The number of benzene rings is 2. The summed E-state index contributed by atoms with van der Waals surface area (Å²) in [5.74, 6) is -8.68. The van der Waals surface area contributed by atoms with E-state index >= 15 is 0 Å². The van der Waals surface area contributed by atoms with E-state index in [0.29, 0.717) is 0 Å². The molecule has 2 atom stereocenters. The molecule has 0 saturated heterocycles. The normalized spacial score (nSPS) is 21.3. The van der Waals surface area contributed by atoms with Crippen LogP contribution in [0.1, 0.15) is 96.8 Å². The highest BCUT2D eigenvalue weighted by atomic mass is 16.6. The fourth-order valence-corrected chi connectivity index (χ4v) is 5.10. The molecule has 2 aliphatic rings. The van der Waals surface area contributed by atoms with Crippen molar-refractivity contribution in [3.05, 3.63) is 58.7 Å². The van der Waals surface area contributed by atoms with Crippen LogP contribution in [-0.2, 0) is 28.7 Å². The predicted octanol–water partition coefficient (Wildman–Crippen LogP) is 4.07. The summed E-state index contributed by atoms with van der Waals surface area (Å²) in [6, 6.07) is 7.43. The lowest BCUT2D eigenvalue weighted by atomic mass is 9.79. The van der Waals surface area contributed by atoms with Gasteiger partial charge < -0.3 is 14.2 Å².